The summed E-state index contributed by atoms with van der Waals surface area (Å²) in [6, 6.07) is 5.94. The van der Waals surface area contributed by atoms with Crippen molar-refractivity contribution in [3.05, 3.63) is 70.2 Å². The lowest BCUT2D eigenvalue weighted by atomic mass is 10.2. The van der Waals surface area contributed by atoms with Gasteiger partial charge in [-0.1, -0.05) is 11.6 Å². The molecule has 0 bridgehead atoms. The van der Waals surface area contributed by atoms with E-state index in [0.29, 0.717) is 43.0 Å². The van der Waals surface area contributed by atoms with E-state index < -0.39 is 0 Å². The Hall–Kier alpha value is -2.42. The number of halogens is 1. The normalized spacial score (nSPS) is 10.9. The number of aryl methyl sites for hydroxylation is 2. The first-order valence-electron chi connectivity index (χ1n) is 10.4. The van der Waals surface area contributed by atoms with Crippen LogP contribution in [0.25, 0.3) is 0 Å². The summed E-state index contributed by atoms with van der Waals surface area (Å²) in [5.74, 6) is 3.99. The first-order valence-corrected chi connectivity index (χ1v) is 11.9. The van der Waals surface area contributed by atoms with Gasteiger partial charge in [0.05, 0.1) is 31.1 Å². The number of thioether (sulfide) groups is 1. The summed E-state index contributed by atoms with van der Waals surface area (Å²) in [7, 11) is 0. The number of anilines is 1. The first kappa shape index (κ1) is 24.2. The van der Waals surface area contributed by atoms with E-state index in [1.807, 2.05) is 63.1 Å². The summed E-state index contributed by atoms with van der Waals surface area (Å²) in [6.07, 6.45) is 5.38. The van der Waals surface area contributed by atoms with Crippen LogP contribution in [0.1, 0.15) is 28.3 Å². The second kappa shape index (κ2) is 12.6. The van der Waals surface area contributed by atoms with E-state index in [-0.39, 0.29) is 0 Å². The summed E-state index contributed by atoms with van der Waals surface area (Å²) in [5, 5.41) is 3.78. The fourth-order valence-electron chi connectivity index (χ4n) is 2.98. The molecule has 0 saturated carbocycles. The van der Waals surface area contributed by atoms with Crippen molar-refractivity contribution in [1.29, 1.82) is 0 Å². The molecule has 3 heterocycles. The van der Waals surface area contributed by atoms with E-state index in [2.05, 4.69) is 25.3 Å². The lowest BCUT2D eigenvalue weighted by Crippen LogP contribution is -2.11. The van der Waals surface area contributed by atoms with E-state index in [1.165, 1.54) is 5.56 Å². The number of hydrogen-bond donors (Lipinski definition) is 1. The number of hydrogen-bond acceptors (Lipinski definition) is 8. The molecule has 0 spiro atoms. The maximum absolute atomic E-state index is 6.31. The number of nitrogens with zero attached hydrogens (tertiary/aromatic N) is 4. The highest BCUT2D eigenvalue weighted by Gasteiger charge is 2.11. The van der Waals surface area contributed by atoms with Crippen LogP contribution in [0.2, 0.25) is 5.02 Å². The van der Waals surface area contributed by atoms with Gasteiger partial charge < -0.3 is 14.8 Å². The predicted octanol–water partition coefficient (Wildman–Crippen LogP) is 4.79. The minimum atomic E-state index is 0.489. The third kappa shape index (κ3) is 7.32. The van der Waals surface area contributed by atoms with Crippen molar-refractivity contribution in [2.24, 2.45) is 0 Å². The maximum atomic E-state index is 6.31. The van der Waals surface area contributed by atoms with Crippen molar-refractivity contribution in [2.75, 3.05) is 30.9 Å². The molecule has 7 nitrogen and oxygen atoms in total. The third-order valence-corrected chi connectivity index (χ3v) is 6.13. The molecule has 0 saturated heterocycles. The molecule has 0 aliphatic carbocycles. The zero-order valence-electron chi connectivity index (χ0n) is 18.6. The van der Waals surface area contributed by atoms with Crippen molar-refractivity contribution in [2.45, 2.75) is 33.1 Å². The zero-order chi connectivity index (χ0) is 22.8. The molecule has 32 heavy (non-hydrogen) atoms. The number of pyridine rings is 2. The molecule has 1 N–H and O–H groups in total. The van der Waals surface area contributed by atoms with Gasteiger partial charge in [-0.15, -0.1) is 0 Å². The van der Waals surface area contributed by atoms with Gasteiger partial charge in [-0.05, 0) is 44.5 Å². The van der Waals surface area contributed by atoms with Gasteiger partial charge in [-0.3, -0.25) is 9.97 Å². The van der Waals surface area contributed by atoms with Gasteiger partial charge >= 0.3 is 0 Å². The molecule has 0 unspecified atom stereocenters. The molecule has 0 atom stereocenters. The van der Waals surface area contributed by atoms with Gasteiger partial charge in [0, 0.05) is 35.7 Å². The molecule has 0 aliphatic rings. The summed E-state index contributed by atoms with van der Waals surface area (Å²) < 4.78 is 11.6. The smallest absolute Gasteiger partial charge is 0.149 e. The monoisotopic (exact) mass is 473 g/mol. The van der Waals surface area contributed by atoms with E-state index in [4.69, 9.17) is 21.1 Å². The van der Waals surface area contributed by atoms with E-state index >= 15 is 0 Å². The molecule has 0 aliphatic heterocycles. The second-order valence-electron chi connectivity index (χ2n) is 7.12. The Morgan fingerprint density at radius 1 is 1.00 bits per heavy atom. The Morgan fingerprint density at radius 3 is 2.62 bits per heavy atom. The number of nitrogens with one attached hydrogen (secondary N) is 1. The molecule has 3 aromatic heterocycles. The van der Waals surface area contributed by atoms with Gasteiger partial charge in [0.25, 0.3) is 0 Å². The van der Waals surface area contributed by atoms with Crippen LogP contribution in [-0.4, -0.2) is 45.5 Å². The van der Waals surface area contributed by atoms with Crippen LogP contribution < -0.4 is 10.1 Å². The highest BCUT2D eigenvalue weighted by molar-refractivity contribution is 7.98. The van der Waals surface area contributed by atoms with Gasteiger partial charge in [0.15, 0.2) is 0 Å². The minimum Gasteiger partial charge on any atom is -0.491 e. The quantitative estimate of drug-likeness (QED) is 0.376. The minimum absolute atomic E-state index is 0.489. The van der Waals surface area contributed by atoms with Crippen molar-refractivity contribution in [1.82, 2.24) is 19.9 Å². The van der Waals surface area contributed by atoms with Crippen molar-refractivity contribution in [3.63, 3.8) is 0 Å². The third-order valence-electron chi connectivity index (χ3n) is 4.69. The Kier molecular flexibility index (Phi) is 9.52. The van der Waals surface area contributed by atoms with Gasteiger partial charge in [0.1, 0.15) is 29.0 Å². The topological polar surface area (TPSA) is 82.1 Å². The predicted molar refractivity (Wildman–Crippen MR) is 130 cm³/mol. The van der Waals surface area contributed by atoms with Crippen LogP contribution >= 0.6 is 23.4 Å². The summed E-state index contributed by atoms with van der Waals surface area (Å²) in [4.78, 5) is 17.1. The molecule has 0 amide bonds. The standard InChI is InChI=1S/C23H28ClN5O2S/c1-16-20(14-27-23-22(24)17(2)28-18(3)29-23)26-9-6-21(16)31-11-10-30-12-13-32-15-19-4-7-25-8-5-19/h4-9H,10-15H2,1-3H3,(H,27,28,29). The summed E-state index contributed by atoms with van der Waals surface area (Å²) >= 11 is 8.16. The summed E-state index contributed by atoms with van der Waals surface area (Å²) in [6.45, 7) is 7.92. The molecule has 3 aromatic rings. The molecule has 0 aromatic carbocycles. The molecule has 170 valence electrons. The molecule has 3 rings (SSSR count). The van der Waals surface area contributed by atoms with Crippen molar-refractivity contribution < 1.29 is 9.47 Å². The largest absolute Gasteiger partial charge is 0.491 e. The lowest BCUT2D eigenvalue weighted by Gasteiger charge is -2.14. The fourth-order valence-corrected chi connectivity index (χ4v) is 3.94. The van der Waals surface area contributed by atoms with E-state index in [9.17, 15) is 0 Å². The molecule has 9 heteroatoms. The van der Waals surface area contributed by atoms with E-state index in [1.54, 1.807) is 6.20 Å². The number of rotatable bonds is 12. The van der Waals surface area contributed by atoms with Crippen LogP contribution in [0.5, 0.6) is 5.75 Å². The molecular weight excluding hydrogens is 446 g/mol. The van der Waals surface area contributed by atoms with Crippen LogP contribution in [-0.2, 0) is 17.0 Å². The summed E-state index contributed by atoms with van der Waals surface area (Å²) in [5.41, 5.74) is 3.88. The Bertz CT molecular complexity index is 1010. The fraction of sp³-hybridized carbons (Fsp3) is 0.391. The Morgan fingerprint density at radius 2 is 1.81 bits per heavy atom. The Balaban J connectivity index is 1.39. The van der Waals surface area contributed by atoms with Crippen LogP contribution in [0.4, 0.5) is 5.82 Å². The number of ether oxygens (including phenoxy) is 2. The Labute approximate surface area is 198 Å². The average molecular weight is 474 g/mol. The zero-order valence-corrected chi connectivity index (χ0v) is 20.2. The molecular formula is C23H28ClN5O2S. The second-order valence-corrected chi connectivity index (χ2v) is 8.61. The van der Waals surface area contributed by atoms with Gasteiger partial charge in [-0.2, -0.15) is 11.8 Å². The van der Waals surface area contributed by atoms with E-state index in [0.717, 1.165) is 34.2 Å². The van der Waals surface area contributed by atoms with Gasteiger partial charge in [0.2, 0.25) is 0 Å². The number of aromatic nitrogens is 4. The highest BCUT2D eigenvalue weighted by atomic mass is 35.5. The molecule has 0 radical (unpaired) electrons. The highest BCUT2D eigenvalue weighted by Crippen LogP contribution is 2.24. The maximum Gasteiger partial charge on any atom is 0.149 e. The van der Waals surface area contributed by atoms with Crippen LogP contribution in [0, 0.1) is 20.8 Å². The van der Waals surface area contributed by atoms with Crippen LogP contribution in [0.3, 0.4) is 0 Å². The first-order chi connectivity index (χ1) is 15.5. The van der Waals surface area contributed by atoms with Crippen molar-refractivity contribution >= 4 is 29.2 Å². The lowest BCUT2D eigenvalue weighted by molar-refractivity contribution is 0.111. The average Bonchev–Trinajstić information content (AvgIpc) is 2.79. The van der Waals surface area contributed by atoms with Crippen molar-refractivity contribution in [3.8, 4) is 5.75 Å². The molecule has 0 fully saturated rings. The van der Waals surface area contributed by atoms with Crippen LogP contribution in [0.15, 0.2) is 36.8 Å². The SMILES string of the molecule is Cc1nc(C)c(Cl)c(NCc2nccc(OCCOCCSCc3ccncc3)c2C)n1. The van der Waals surface area contributed by atoms with Gasteiger partial charge in [-0.25, -0.2) is 9.97 Å².